The van der Waals surface area contributed by atoms with Gasteiger partial charge in [-0.1, -0.05) is 0 Å². The molecule has 0 aromatic heterocycles. The predicted octanol–water partition coefficient (Wildman–Crippen LogP) is -18.0. The third kappa shape index (κ3) is 48.3. The average Bonchev–Trinajstić information content (AvgIpc) is 0. The zero-order chi connectivity index (χ0) is 0. The fourth-order valence-corrected chi connectivity index (χ4v) is 0. The third-order valence-electron chi connectivity index (χ3n) is 0. The van der Waals surface area contributed by atoms with Crippen LogP contribution in [0.3, 0.4) is 0 Å². The normalized spacial score (nSPS) is 0. The Hall–Kier alpha value is 4.29. The summed E-state index contributed by atoms with van der Waals surface area (Å²) in [6.45, 7) is 0. The first-order valence-electron chi connectivity index (χ1n) is 0. The Balaban J connectivity index is 0. The van der Waals surface area contributed by atoms with Gasteiger partial charge in [0.25, 0.3) is 0 Å². The van der Waals surface area contributed by atoms with Crippen LogP contribution >= 0.6 is 0 Å². The number of hydrogen-bond acceptors (Lipinski definition) is 0. The van der Waals surface area contributed by atoms with Crippen LogP contribution in [0.4, 0.5) is 0 Å². The van der Waals surface area contributed by atoms with Crippen molar-refractivity contribution in [2.24, 2.45) is 0 Å². The smallest absolute Gasteiger partial charge is 1.00 e. The monoisotopic (exact) mass is 491 g/mol. The molecule has 8 heteroatoms. The van der Waals surface area contributed by atoms with Crippen LogP contribution < -0.4 is 74.4 Å². The van der Waals surface area contributed by atoms with E-state index in [0.29, 0.717) is 0 Å². The van der Waals surface area contributed by atoms with E-state index in [9.17, 15) is 0 Å². The van der Waals surface area contributed by atoms with Gasteiger partial charge in [0.05, 0.1) is 0 Å². The van der Waals surface area contributed by atoms with Gasteiger partial charge in [-0.3, -0.25) is 0 Å². The van der Waals surface area contributed by atoms with Crippen LogP contribution in [0.1, 0.15) is 0 Å². The van der Waals surface area contributed by atoms with E-state index in [1.165, 1.54) is 0 Å². The molecule has 0 aliphatic heterocycles. The molecule has 0 nitrogen and oxygen atoms in total. The fourth-order valence-electron chi connectivity index (χ4n) is 0. The summed E-state index contributed by atoms with van der Waals surface area (Å²) in [7, 11) is 0. The Bertz CT molecular complexity index is 8.49. The molecule has 0 saturated carbocycles. The minimum absolute atomic E-state index is 0. The van der Waals surface area contributed by atoms with E-state index in [0.717, 1.165) is 0 Å². The topological polar surface area (TPSA) is 0 Å². The second kappa shape index (κ2) is 65.0. The van der Waals surface area contributed by atoms with E-state index in [2.05, 4.69) is 0 Å². The average molecular weight is 496 g/mol. The van der Waals surface area contributed by atoms with Crippen molar-refractivity contribution < 1.29 is 151 Å². The largest absolute Gasteiger partial charge is 3.00 e. The van der Waals surface area contributed by atoms with Crippen LogP contribution in [0.5, 0.6) is 0 Å². The van der Waals surface area contributed by atoms with Gasteiger partial charge in [-0.25, -0.2) is 0 Å². The molecule has 0 aliphatic rings. The summed E-state index contributed by atoms with van der Waals surface area (Å²) in [5.74, 6) is 0. The van der Waals surface area contributed by atoms with E-state index >= 15 is 0 Å². The Labute approximate surface area is 147 Å². The van der Waals surface area contributed by atoms with Crippen LogP contribution in [0.2, 0.25) is 0 Å². The van der Waals surface area contributed by atoms with Gasteiger partial charge in [0.15, 0.2) is 0 Å². The Kier molecular flexibility index (Phi) is 692. The van der Waals surface area contributed by atoms with Crippen molar-refractivity contribution in [2.75, 3.05) is 0 Å². The molecule has 0 bridgehead atoms. The SMILES string of the molecule is [Cl-].[Cl-].[Cl-].[Cl-].[Cl-].[Cl-].[La+3].[Nd+3]. The zero-order valence-corrected chi connectivity index (χ0v) is 14.7. The van der Waals surface area contributed by atoms with Gasteiger partial charge in [0.1, 0.15) is 0 Å². The molecule has 49 valence electrons. The zero-order valence-electron chi connectivity index (χ0n) is 3.35. The maximum atomic E-state index is 0. The van der Waals surface area contributed by atoms with Crippen molar-refractivity contribution in [3.8, 4) is 0 Å². The molecular formula is Cl6LaNd. The number of rotatable bonds is 0. The standard InChI is InChI=1S/6ClH.La.Nd/h6*1H;;/q;;;;;;2*+3/p-6. The molecule has 0 amide bonds. The van der Waals surface area contributed by atoms with E-state index in [-0.39, 0.29) is 151 Å². The first-order valence-corrected chi connectivity index (χ1v) is 0. The summed E-state index contributed by atoms with van der Waals surface area (Å²) in [6, 6.07) is 0. The number of halogens is 6. The molecule has 0 aromatic carbocycles. The molecule has 0 fully saturated rings. The summed E-state index contributed by atoms with van der Waals surface area (Å²) in [5, 5.41) is 0. The molecule has 0 aromatic rings. The maximum Gasteiger partial charge on any atom is 3.00 e. The van der Waals surface area contributed by atoms with Crippen molar-refractivity contribution in [3.63, 3.8) is 0 Å². The van der Waals surface area contributed by atoms with Gasteiger partial charge in [0, 0.05) is 0 Å². The van der Waals surface area contributed by atoms with Crippen LogP contribution in [0.15, 0.2) is 0 Å². The first-order chi connectivity index (χ1) is 0. The van der Waals surface area contributed by atoms with Crippen molar-refractivity contribution in [1.82, 2.24) is 0 Å². The van der Waals surface area contributed by atoms with Gasteiger partial charge >= 0.3 is 76.4 Å². The Morgan fingerprint density at radius 1 is 0.375 bits per heavy atom. The molecule has 0 rings (SSSR count). The second-order valence-electron chi connectivity index (χ2n) is 0. The molecule has 0 spiro atoms. The van der Waals surface area contributed by atoms with Crippen LogP contribution in [0, 0.1) is 76.4 Å². The van der Waals surface area contributed by atoms with Crippen molar-refractivity contribution in [2.45, 2.75) is 0 Å². The van der Waals surface area contributed by atoms with Crippen molar-refractivity contribution in [1.29, 1.82) is 0 Å². The van der Waals surface area contributed by atoms with E-state index < -0.39 is 0 Å². The molecule has 0 saturated heterocycles. The minimum atomic E-state index is 0. The van der Waals surface area contributed by atoms with Crippen molar-refractivity contribution >= 4 is 0 Å². The number of hydrogen-bond donors (Lipinski definition) is 0. The summed E-state index contributed by atoms with van der Waals surface area (Å²) in [4.78, 5) is 0. The van der Waals surface area contributed by atoms with Gasteiger partial charge in [0.2, 0.25) is 0 Å². The molecule has 0 aliphatic carbocycles. The van der Waals surface area contributed by atoms with Crippen LogP contribution in [0.25, 0.3) is 0 Å². The van der Waals surface area contributed by atoms with Crippen molar-refractivity contribution in [3.05, 3.63) is 0 Å². The first kappa shape index (κ1) is 85.2. The third-order valence-corrected chi connectivity index (χ3v) is 0. The summed E-state index contributed by atoms with van der Waals surface area (Å²) in [6.07, 6.45) is 0. The molecule has 0 atom stereocenters. The fraction of sp³-hybridized carbons (Fsp3) is 0. The van der Waals surface area contributed by atoms with E-state index in [4.69, 9.17) is 0 Å². The predicted molar refractivity (Wildman–Crippen MR) is 0 cm³/mol. The van der Waals surface area contributed by atoms with Crippen LogP contribution in [-0.4, -0.2) is 0 Å². The second-order valence-corrected chi connectivity index (χ2v) is 0. The molecular weight excluding hydrogens is 496 g/mol. The maximum absolute atomic E-state index is 0. The Morgan fingerprint density at radius 3 is 0.375 bits per heavy atom. The summed E-state index contributed by atoms with van der Waals surface area (Å²) in [5.41, 5.74) is 0. The molecule has 0 N–H and O–H groups in total. The molecule has 1 radical (unpaired) electrons. The molecule has 0 heterocycles. The quantitative estimate of drug-likeness (QED) is 0.313. The van der Waals surface area contributed by atoms with Gasteiger partial charge < -0.3 is 74.4 Å². The van der Waals surface area contributed by atoms with Gasteiger partial charge in [-0.05, 0) is 0 Å². The molecule has 0 unspecified atom stereocenters. The Morgan fingerprint density at radius 2 is 0.375 bits per heavy atom. The van der Waals surface area contributed by atoms with Gasteiger partial charge in [-0.2, -0.15) is 0 Å². The minimum Gasteiger partial charge on any atom is -1.00 e. The summed E-state index contributed by atoms with van der Waals surface area (Å²) >= 11 is 0. The van der Waals surface area contributed by atoms with Crippen LogP contribution in [-0.2, 0) is 0 Å². The van der Waals surface area contributed by atoms with E-state index in [1.807, 2.05) is 0 Å². The van der Waals surface area contributed by atoms with E-state index in [1.54, 1.807) is 0 Å². The molecule has 8 heavy (non-hydrogen) atoms. The summed E-state index contributed by atoms with van der Waals surface area (Å²) < 4.78 is 0. The van der Waals surface area contributed by atoms with Gasteiger partial charge in [-0.15, -0.1) is 0 Å².